The molecule has 1 aliphatic rings. The van der Waals surface area contributed by atoms with Gasteiger partial charge in [-0.2, -0.15) is 0 Å². The van der Waals surface area contributed by atoms with Crippen molar-refractivity contribution in [3.05, 3.63) is 34.4 Å². The molecule has 0 unspecified atom stereocenters. The average Bonchev–Trinajstić information content (AvgIpc) is 3.29. The second-order valence-electron chi connectivity index (χ2n) is 6.00. The monoisotopic (exact) mass is 344 g/mol. The van der Waals surface area contributed by atoms with Crippen LogP contribution in [-0.4, -0.2) is 27.6 Å². The molecule has 120 valence electrons. The fourth-order valence-corrected chi connectivity index (χ4v) is 4.89. The molecular weight excluding hydrogens is 324 g/mol. The number of rotatable bonds is 3. The SMILES string of the molecule is Cc1cc(-c2csc(N3CCCCC3)n2)c(C)n1-c1nccs1. The summed E-state index contributed by atoms with van der Waals surface area (Å²) in [5, 5.41) is 6.40. The molecule has 0 N–H and O–H groups in total. The molecule has 4 rings (SSSR count). The second-order valence-corrected chi connectivity index (χ2v) is 7.71. The van der Waals surface area contributed by atoms with Gasteiger partial charge in [-0.3, -0.25) is 4.57 Å². The molecule has 0 saturated carbocycles. The van der Waals surface area contributed by atoms with Crippen LogP contribution in [0.3, 0.4) is 0 Å². The standard InChI is InChI=1S/C17H20N4S2/c1-12-10-14(13(2)21(12)16-18-6-9-22-16)15-11-23-17(19-15)20-7-4-3-5-8-20/h6,9-11H,3-5,7-8H2,1-2H3. The molecule has 1 fully saturated rings. The van der Waals surface area contributed by atoms with E-state index in [-0.39, 0.29) is 0 Å². The van der Waals surface area contributed by atoms with Crippen LogP contribution < -0.4 is 4.90 Å². The Balaban J connectivity index is 1.69. The zero-order chi connectivity index (χ0) is 15.8. The first-order chi connectivity index (χ1) is 11.2. The summed E-state index contributed by atoms with van der Waals surface area (Å²) in [6.07, 6.45) is 5.78. The van der Waals surface area contributed by atoms with Crippen LogP contribution in [0.15, 0.2) is 23.0 Å². The minimum Gasteiger partial charge on any atom is -0.348 e. The van der Waals surface area contributed by atoms with Gasteiger partial charge >= 0.3 is 0 Å². The number of thiazole rings is 2. The van der Waals surface area contributed by atoms with Gasteiger partial charge in [-0.15, -0.1) is 22.7 Å². The number of hydrogen-bond acceptors (Lipinski definition) is 5. The van der Waals surface area contributed by atoms with Crippen molar-refractivity contribution in [1.29, 1.82) is 0 Å². The Morgan fingerprint density at radius 3 is 2.61 bits per heavy atom. The highest BCUT2D eigenvalue weighted by molar-refractivity contribution is 7.14. The molecule has 0 amide bonds. The molecule has 3 aromatic rings. The fourth-order valence-electron chi connectivity index (χ4n) is 3.26. The minimum absolute atomic E-state index is 1.03. The first-order valence-corrected chi connectivity index (χ1v) is 9.79. The third-order valence-corrected chi connectivity index (χ3v) is 6.09. The van der Waals surface area contributed by atoms with E-state index in [0.29, 0.717) is 0 Å². The maximum Gasteiger partial charge on any atom is 0.193 e. The summed E-state index contributed by atoms with van der Waals surface area (Å²) in [5.41, 5.74) is 4.73. The van der Waals surface area contributed by atoms with Gasteiger partial charge in [0, 0.05) is 47.0 Å². The van der Waals surface area contributed by atoms with Gasteiger partial charge in [-0.05, 0) is 39.2 Å². The molecule has 0 bridgehead atoms. The lowest BCUT2D eigenvalue weighted by molar-refractivity contribution is 0.577. The van der Waals surface area contributed by atoms with Crippen LogP contribution in [-0.2, 0) is 0 Å². The van der Waals surface area contributed by atoms with Gasteiger partial charge in [0.05, 0.1) is 5.69 Å². The van der Waals surface area contributed by atoms with E-state index >= 15 is 0 Å². The van der Waals surface area contributed by atoms with Gasteiger partial charge < -0.3 is 4.90 Å². The van der Waals surface area contributed by atoms with E-state index in [2.05, 4.69) is 39.7 Å². The summed E-state index contributed by atoms with van der Waals surface area (Å²) in [4.78, 5) is 11.8. The van der Waals surface area contributed by atoms with Crippen molar-refractivity contribution < 1.29 is 0 Å². The lowest BCUT2D eigenvalue weighted by atomic mass is 10.1. The number of aromatic nitrogens is 3. The van der Waals surface area contributed by atoms with Crippen molar-refractivity contribution in [3.63, 3.8) is 0 Å². The van der Waals surface area contributed by atoms with Gasteiger partial charge in [-0.25, -0.2) is 9.97 Å². The van der Waals surface area contributed by atoms with Crippen LogP contribution in [0.1, 0.15) is 30.7 Å². The summed E-state index contributed by atoms with van der Waals surface area (Å²) < 4.78 is 2.22. The van der Waals surface area contributed by atoms with Gasteiger partial charge in [0.2, 0.25) is 0 Å². The van der Waals surface area contributed by atoms with Crippen LogP contribution >= 0.6 is 22.7 Å². The highest BCUT2D eigenvalue weighted by Crippen LogP contribution is 2.33. The Hall–Kier alpha value is -1.66. The second kappa shape index (κ2) is 6.09. The van der Waals surface area contributed by atoms with E-state index in [9.17, 15) is 0 Å². The number of aryl methyl sites for hydroxylation is 1. The topological polar surface area (TPSA) is 34.0 Å². The maximum absolute atomic E-state index is 4.91. The molecule has 1 aliphatic heterocycles. The van der Waals surface area contributed by atoms with Crippen molar-refractivity contribution in [2.45, 2.75) is 33.1 Å². The van der Waals surface area contributed by atoms with E-state index in [1.165, 1.54) is 41.3 Å². The van der Waals surface area contributed by atoms with Crippen molar-refractivity contribution in [2.24, 2.45) is 0 Å². The highest BCUT2D eigenvalue weighted by atomic mass is 32.1. The zero-order valence-electron chi connectivity index (χ0n) is 13.5. The van der Waals surface area contributed by atoms with Gasteiger partial charge in [0.25, 0.3) is 0 Å². The number of piperidine rings is 1. The van der Waals surface area contributed by atoms with E-state index in [1.54, 1.807) is 22.7 Å². The Labute approximate surface area is 144 Å². The molecule has 4 heterocycles. The van der Waals surface area contributed by atoms with E-state index in [0.717, 1.165) is 23.9 Å². The van der Waals surface area contributed by atoms with Crippen LogP contribution in [0, 0.1) is 13.8 Å². The van der Waals surface area contributed by atoms with Crippen molar-refractivity contribution >= 4 is 27.8 Å². The Kier molecular flexibility index (Phi) is 3.95. The Morgan fingerprint density at radius 1 is 1.04 bits per heavy atom. The van der Waals surface area contributed by atoms with Crippen LogP contribution in [0.5, 0.6) is 0 Å². The summed E-state index contributed by atoms with van der Waals surface area (Å²) in [6.45, 7) is 6.58. The molecule has 0 atom stereocenters. The molecule has 6 heteroatoms. The summed E-state index contributed by atoms with van der Waals surface area (Å²) in [5.74, 6) is 0. The average molecular weight is 345 g/mol. The molecular formula is C17H20N4S2. The lowest BCUT2D eigenvalue weighted by Gasteiger charge is -2.25. The molecule has 4 nitrogen and oxygen atoms in total. The first-order valence-electron chi connectivity index (χ1n) is 8.03. The predicted molar refractivity (Wildman–Crippen MR) is 98.1 cm³/mol. The number of hydrogen-bond donors (Lipinski definition) is 0. The molecule has 23 heavy (non-hydrogen) atoms. The largest absolute Gasteiger partial charge is 0.348 e. The molecule has 0 spiro atoms. The van der Waals surface area contributed by atoms with E-state index in [4.69, 9.17) is 4.98 Å². The normalized spacial score (nSPS) is 15.3. The smallest absolute Gasteiger partial charge is 0.193 e. The molecule has 0 radical (unpaired) electrons. The van der Waals surface area contributed by atoms with Crippen molar-refractivity contribution in [2.75, 3.05) is 18.0 Å². The number of nitrogens with zero attached hydrogens (tertiary/aromatic N) is 4. The minimum atomic E-state index is 1.03. The molecule has 0 aromatic carbocycles. The van der Waals surface area contributed by atoms with E-state index < -0.39 is 0 Å². The maximum atomic E-state index is 4.91. The Morgan fingerprint density at radius 2 is 1.87 bits per heavy atom. The molecule has 1 saturated heterocycles. The lowest BCUT2D eigenvalue weighted by Crippen LogP contribution is -2.29. The highest BCUT2D eigenvalue weighted by Gasteiger charge is 2.18. The summed E-state index contributed by atoms with van der Waals surface area (Å²) in [6, 6.07) is 2.23. The Bertz CT molecular complexity index is 795. The van der Waals surface area contributed by atoms with E-state index in [1.807, 2.05) is 11.6 Å². The van der Waals surface area contributed by atoms with Crippen molar-refractivity contribution in [3.8, 4) is 16.4 Å². The van der Waals surface area contributed by atoms with Crippen molar-refractivity contribution in [1.82, 2.24) is 14.5 Å². The van der Waals surface area contributed by atoms with Gasteiger partial charge in [0.15, 0.2) is 10.3 Å². The predicted octanol–water partition coefficient (Wildman–Crippen LogP) is 4.66. The zero-order valence-corrected chi connectivity index (χ0v) is 15.1. The third kappa shape index (κ3) is 2.70. The quantitative estimate of drug-likeness (QED) is 0.693. The van der Waals surface area contributed by atoms with Gasteiger partial charge in [-0.1, -0.05) is 0 Å². The van der Waals surface area contributed by atoms with Crippen LogP contribution in [0.25, 0.3) is 16.4 Å². The number of anilines is 1. The van der Waals surface area contributed by atoms with Crippen LogP contribution in [0.2, 0.25) is 0 Å². The van der Waals surface area contributed by atoms with Crippen LogP contribution in [0.4, 0.5) is 5.13 Å². The summed E-state index contributed by atoms with van der Waals surface area (Å²) in [7, 11) is 0. The van der Waals surface area contributed by atoms with Gasteiger partial charge in [0.1, 0.15) is 0 Å². The molecule has 0 aliphatic carbocycles. The summed E-state index contributed by atoms with van der Waals surface area (Å²) >= 11 is 3.43. The fraction of sp³-hybridized carbons (Fsp3) is 0.412. The first kappa shape index (κ1) is 14.9. The third-order valence-electron chi connectivity index (χ3n) is 4.44. The molecule has 3 aromatic heterocycles.